The quantitative estimate of drug-likeness (QED) is 0.878. The number of sulfone groups is 1. The summed E-state index contributed by atoms with van der Waals surface area (Å²) in [7, 11) is -3.29. The van der Waals surface area contributed by atoms with Gasteiger partial charge in [0.1, 0.15) is 5.82 Å². The Morgan fingerprint density at radius 1 is 1.35 bits per heavy atom. The second kappa shape index (κ2) is 6.22. The highest BCUT2D eigenvalue weighted by Crippen LogP contribution is 2.32. The van der Waals surface area contributed by atoms with Gasteiger partial charge in [0.2, 0.25) is 0 Å². The zero-order chi connectivity index (χ0) is 15.6. The summed E-state index contributed by atoms with van der Waals surface area (Å²) in [5.74, 6) is -0.310. The summed E-state index contributed by atoms with van der Waals surface area (Å²) in [5.41, 5.74) is 1.22. The summed E-state index contributed by atoms with van der Waals surface area (Å²) < 4.78 is 36.9. The van der Waals surface area contributed by atoms with E-state index in [2.05, 4.69) is 5.32 Å². The smallest absolute Gasteiger partial charge is 0.154 e. The third-order valence-corrected chi connectivity index (χ3v) is 5.93. The number of nitrogens with one attached hydrogen (secondary N) is 1. The first-order valence-corrected chi connectivity index (χ1v) is 8.69. The van der Waals surface area contributed by atoms with Crippen LogP contribution in [-0.4, -0.2) is 26.0 Å². The number of rotatable bonds is 6. The molecule has 1 rings (SSSR count). The van der Waals surface area contributed by atoms with E-state index in [1.165, 1.54) is 12.3 Å². The van der Waals surface area contributed by atoms with Gasteiger partial charge >= 0.3 is 0 Å². The minimum Gasteiger partial charge on any atom is -0.309 e. The average molecular weight is 301 g/mol. The van der Waals surface area contributed by atoms with Gasteiger partial charge in [-0.2, -0.15) is 0 Å². The number of hydrogen-bond donors (Lipinski definition) is 1. The summed E-state index contributed by atoms with van der Waals surface area (Å²) in [6, 6.07) is 4.46. The molecule has 0 radical (unpaired) electrons. The fourth-order valence-corrected chi connectivity index (χ4v) is 2.70. The van der Waals surface area contributed by atoms with E-state index in [1.54, 1.807) is 32.9 Å². The Kier molecular flexibility index (Phi) is 5.33. The van der Waals surface area contributed by atoms with Gasteiger partial charge in [0.15, 0.2) is 9.84 Å². The van der Waals surface area contributed by atoms with E-state index in [4.69, 9.17) is 0 Å². The van der Waals surface area contributed by atoms with Gasteiger partial charge in [-0.3, -0.25) is 0 Å². The molecule has 1 N–H and O–H groups in total. The maximum absolute atomic E-state index is 13.8. The van der Waals surface area contributed by atoms with E-state index in [0.29, 0.717) is 17.7 Å². The second-order valence-corrected chi connectivity index (χ2v) is 8.37. The molecule has 0 saturated carbocycles. The maximum atomic E-state index is 13.8. The van der Waals surface area contributed by atoms with Crippen LogP contribution in [0.25, 0.3) is 0 Å². The molecule has 20 heavy (non-hydrogen) atoms. The third-order valence-electron chi connectivity index (χ3n) is 3.78. The van der Waals surface area contributed by atoms with Crippen molar-refractivity contribution in [3.8, 4) is 0 Å². The van der Waals surface area contributed by atoms with E-state index < -0.39 is 20.6 Å². The minimum atomic E-state index is -3.29. The lowest BCUT2D eigenvalue weighted by Crippen LogP contribution is -2.45. The molecular formula is C15H24FNO2S. The monoisotopic (exact) mass is 301 g/mol. The lowest BCUT2D eigenvalue weighted by atomic mass is 9.94. The number of benzene rings is 1. The molecule has 0 bridgehead atoms. The normalized spacial score (nSPS) is 14.3. The first-order valence-electron chi connectivity index (χ1n) is 6.80. The molecular weight excluding hydrogens is 277 g/mol. The van der Waals surface area contributed by atoms with Gasteiger partial charge in [0.25, 0.3) is 0 Å². The third kappa shape index (κ3) is 3.58. The van der Waals surface area contributed by atoms with Crippen molar-refractivity contribution in [2.45, 2.75) is 44.9 Å². The van der Waals surface area contributed by atoms with Gasteiger partial charge < -0.3 is 5.32 Å². The maximum Gasteiger partial charge on any atom is 0.154 e. The van der Waals surface area contributed by atoms with Crippen molar-refractivity contribution in [3.63, 3.8) is 0 Å². The van der Waals surface area contributed by atoms with Crippen LogP contribution in [-0.2, 0) is 9.84 Å². The highest BCUT2D eigenvalue weighted by molar-refractivity contribution is 7.92. The molecule has 0 amide bonds. The van der Waals surface area contributed by atoms with Crippen LogP contribution in [0, 0.1) is 12.7 Å². The average Bonchev–Trinajstić information content (AvgIpc) is 2.32. The van der Waals surface area contributed by atoms with Crippen molar-refractivity contribution in [1.29, 1.82) is 0 Å². The number of halogens is 1. The van der Waals surface area contributed by atoms with Crippen molar-refractivity contribution in [2.75, 3.05) is 12.8 Å². The van der Waals surface area contributed by atoms with Crippen LogP contribution in [0.5, 0.6) is 0 Å². The van der Waals surface area contributed by atoms with Crippen molar-refractivity contribution < 1.29 is 12.8 Å². The molecule has 0 aromatic heterocycles. The predicted octanol–water partition coefficient (Wildman–Crippen LogP) is 3.00. The van der Waals surface area contributed by atoms with Gasteiger partial charge in [-0.1, -0.05) is 19.1 Å². The van der Waals surface area contributed by atoms with Gasteiger partial charge in [0, 0.05) is 6.26 Å². The van der Waals surface area contributed by atoms with Crippen LogP contribution in [0.2, 0.25) is 0 Å². The van der Waals surface area contributed by atoms with Crippen LogP contribution in [0.1, 0.15) is 44.4 Å². The fourth-order valence-electron chi connectivity index (χ4n) is 2.06. The molecule has 1 aromatic rings. The molecule has 1 atom stereocenters. The first kappa shape index (κ1) is 17.1. The number of aryl methyl sites for hydroxylation is 1. The molecule has 0 spiro atoms. The lowest BCUT2D eigenvalue weighted by molar-refractivity contribution is 0.418. The van der Waals surface area contributed by atoms with Gasteiger partial charge in [-0.15, -0.1) is 0 Å². The van der Waals surface area contributed by atoms with Crippen LogP contribution in [0.4, 0.5) is 4.39 Å². The van der Waals surface area contributed by atoms with Gasteiger partial charge in [-0.05, 0) is 50.9 Å². The highest BCUT2D eigenvalue weighted by atomic mass is 32.2. The van der Waals surface area contributed by atoms with Gasteiger partial charge in [-0.25, -0.2) is 12.8 Å². The van der Waals surface area contributed by atoms with Crippen molar-refractivity contribution in [2.24, 2.45) is 0 Å². The lowest BCUT2D eigenvalue weighted by Gasteiger charge is -2.34. The standard InChI is InChI=1S/C15H24FNO2S/c1-6-9-17-14(15(3,4)20(5,18)19)12-8-7-11(2)13(16)10-12/h7-8,10,14,17H,6,9H2,1-5H3. The molecule has 1 aromatic carbocycles. The summed E-state index contributed by atoms with van der Waals surface area (Å²) in [6.07, 6.45) is 2.10. The Morgan fingerprint density at radius 2 is 1.95 bits per heavy atom. The largest absolute Gasteiger partial charge is 0.309 e. The minimum absolute atomic E-state index is 0.310. The Labute approximate surface area is 121 Å². The Bertz CT molecular complexity index is 567. The topological polar surface area (TPSA) is 46.2 Å². The molecule has 3 nitrogen and oxygen atoms in total. The van der Waals surface area contributed by atoms with Crippen LogP contribution in [0.15, 0.2) is 18.2 Å². The first-order chi connectivity index (χ1) is 9.11. The molecule has 0 aliphatic rings. The van der Waals surface area contributed by atoms with E-state index in [9.17, 15) is 12.8 Å². The van der Waals surface area contributed by atoms with Crippen LogP contribution >= 0.6 is 0 Å². The molecule has 0 saturated heterocycles. The van der Waals surface area contributed by atoms with E-state index in [-0.39, 0.29) is 5.82 Å². The molecule has 0 aliphatic carbocycles. The molecule has 0 fully saturated rings. The highest BCUT2D eigenvalue weighted by Gasteiger charge is 2.39. The predicted molar refractivity (Wildman–Crippen MR) is 81.1 cm³/mol. The Balaban J connectivity index is 3.28. The van der Waals surface area contributed by atoms with Gasteiger partial charge in [0.05, 0.1) is 10.8 Å². The van der Waals surface area contributed by atoms with Crippen LogP contribution < -0.4 is 5.32 Å². The summed E-state index contributed by atoms with van der Waals surface area (Å²) >= 11 is 0. The molecule has 114 valence electrons. The van der Waals surface area contributed by atoms with E-state index >= 15 is 0 Å². The summed E-state index contributed by atoms with van der Waals surface area (Å²) in [6.45, 7) is 7.72. The van der Waals surface area contributed by atoms with E-state index in [0.717, 1.165) is 6.42 Å². The zero-order valence-corrected chi connectivity index (χ0v) is 13.6. The van der Waals surface area contributed by atoms with E-state index in [1.807, 2.05) is 6.92 Å². The Morgan fingerprint density at radius 3 is 2.40 bits per heavy atom. The molecule has 1 unspecified atom stereocenters. The van der Waals surface area contributed by atoms with Crippen molar-refractivity contribution in [1.82, 2.24) is 5.32 Å². The molecule has 0 heterocycles. The fraction of sp³-hybridized carbons (Fsp3) is 0.600. The summed E-state index contributed by atoms with van der Waals surface area (Å²) in [4.78, 5) is 0. The zero-order valence-electron chi connectivity index (χ0n) is 12.8. The number of hydrogen-bond acceptors (Lipinski definition) is 3. The van der Waals surface area contributed by atoms with Crippen molar-refractivity contribution in [3.05, 3.63) is 35.1 Å². The second-order valence-electron chi connectivity index (χ2n) is 5.77. The Hall–Kier alpha value is -0.940. The van der Waals surface area contributed by atoms with Crippen LogP contribution in [0.3, 0.4) is 0 Å². The molecule has 5 heteroatoms. The van der Waals surface area contributed by atoms with Crippen molar-refractivity contribution >= 4 is 9.84 Å². The summed E-state index contributed by atoms with van der Waals surface area (Å²) in [5, 5.41) is 3.23. The SMILES string of the molecule is CCCNC(c1ccc(C)c(F)c1)C(C)(C)S(C)(=O)=O. The molecule has 0 aliphatic heterocycles.